The fourth-order valence-corrected chi connectivity index (χ4v) is 2.66. The molecule has 1 aromatic carbocycles. The first-order chi connectivity index (χ1) is 11.5. The van der Waals surface area contributed by atoms with Gasteiger partial charge in [-0.2, -0.15) is 0 Å². The number of hydrogen-bond acceptors (Lipinski definition) is 4. The second-order valence-electron chi connectivity index (χ2n) is 5.79. The quantitative estimate of drug-likeness (QED) is 0.760. The van der Waals surface area contributed by atoms with Gasteiger partial charge < -0.3 is 19.5 Å². The highest BCUT2D eigenvalue weighted by atomic mass is 35.5. The van der Waals surface area contributed by atoms with Crippen LogP contribution >= 0.6 is 11.6 Å². The van der Waals surface area contributed by atoms with Crippen LogP contribution in [0.3, 0.4) is 0 Å². The van der Waals surface area contributed by atoms with Crippen LogP contribution in [0.1, 0.15) is 24.8 Å². The molecule has 1 saturated heterocycles. The predicted molar refractivity (Wildman–Crippen MR) is 89.5 cm³/mol. The van der Waals surface area contributed by atoms with Crippen LogP contribution in [-0.4, -0.2) is 54.3 Å². The van der Waals surface area contributed by atoms with E-state index in [1.807, 2.05) is 13.0 Å². The summed E-state index contributed by atoms with van der Waals surface area (Å²) in [5.74, 6) is -0.178. The summed E-state index contributed by atoms with van der Waals surface area (Å²) in [4.78, 5) is 24.6. The average molecular weight is 356 g/mol. The second kappa shape index (κ2) is 8.89. The number of aliphatic carboxylic acids is 1. The van der Waals surface area contributed by atoms with E-state index in [0.29, 0.717) is 44.2 Å². The van der Waals surface area contributed by atoms with Crippen LogP contribution in [0.25, 0.3) is 0 Å². The Bertz CT molecular complexity index is 592. The van der Waals surface area contributed by atoms with Crippen molar-refractivity contribution in [3.8, 4) is 5.75 Å². The SMILES string of the molecule is Cc1cc(OCCCC(=O)N2CCOC(CC(=O)O)C2)ccc1Cl. The van der Waals surface area contributed by atoms with Gasteiger partial charge in [-0.1, -0.05) is 11.6 Å². The van der Waals surface area contributed by atoms with Gasteiger partial charge in [0.1, 0.15) is 5.75 Å². The zero-order valence-corrected chi connectivity index (χ0v) is 14.4. The molecule has 1 unspecified atom stereocenters. The maximum Gasteiger partial charge on any atom is 0.306 e. The summed E-state index contributed by atoms with van der Waals surface area (Å²) < 4.78 is 11.0. The van der Waals surface area contributed by atoms with Crippen molar-refractivity contribution in [1.82, 2.24) is 4.90 Å². The van der Waals surface area contributed by atoms with E-state index in [2.05, 4.69) is 0 Å². The van der Waals surface area contributed by atoms with E-state index >= 15 is 0 Å². The number of carbonyl (C=O) groups excluding carboxylic acids is 1. The molecule has 0 saturated carbocycles. The monoisotopic (exact) mass is 355 g/mol. The van der Waals surface area contributed by atoms with Crippen molar-refractivity contribution in [3.05, 3.63) is 28.8 Å². The minimum Gasteiger partial charge on any atom is -0.494 e. The highest BCUT2D eigenvalue weighted by Crippen LogP contribution is 2.21. The summed E-state index contributed by atoms with van der Waals surface area (Å²) in [5.41, 5.74) is 0.947. The fourth-order valence-electron chi connectivity index (χ4n) is 2.54. The molecule has 0 radical (unpaired) electrons. The lowest BCUT2D eigenvalue weighted by Crippen LogP contribution is -2.46. The third-order valence-corrected chi connectivity index (χ3v) is 4.25. The van der Waals surface area contributed by atoms with Gasteiger partial charge >= 0.3 is 5.97 Å². The Labute approximate surface area is 146 Å². The van der Waals surface area contributed by atoms with E-state index in [9.17, 15) is 9.59 Å². The number of morpholine rings is 1. The van der Waals surface area contributed by atoms with Gasteiger partial charge in [0.05, 0.1) is 25.7 Å². The Kier molecular flexibility index (Phi) is 6.87. The molecule has 7 heteroatoms. The summed E-state index contributed by atoms with van der Waals surface area (Å²) in [7, 11) is 0. The van der Waals surface area contributed by atoms with Crippen LogP contribution in [0.4, 0.5) is 0 Å². The van der Waals surface area contributed by atoms with Gasteiger partial charge in [0, 0.05) is 24.5 Å². The van der Waals surface area contributed by atoms with Crippen molar-refractivity contribution in [3.63, 3.8) is 0 Å². The Morgan fingerprint density at radius 1 is 1.46 bits per heavy atom. The Balaban J connectivity index is 1.70. The van der Waals surface area contributed by atoms with Gasteiger partial charge in [-0.25, -0.2) is 0 Å². The zero-order chi connectivity index (χ0) is 17.5. The molecule has 1 amide bonds. The third kappa shape index (κ3) is 5.69. The Hall–Kier alpha value is -1.79. The average Bonchev–Trinajstić information content (AvgIpc) is 2.54. The van der Waals surface area contributed by atoms with Crippen LogP contribution in [0.2, 0.25) is 5.02 Å². The van der Waals surface area contributed by atoms with Gasteiger partial charge in [0.15, 0.2) is 0 Å². The van der Waals surface area contributed by atoms with Crippen LogP contribution in [0.15, 0.2) is 18.2 Å². The maximum atomic E-state index is 12.2. The number of nitrogens with zero attached hydrogens (tertiary/aromatic N) is 1. The standard InChI is InChI=1S/C17H22ClNO5/c1-12-9-13(4-5-15(12)18)23-7-2-3-16(20)19-6-8-24-14(11-19)10-17(21)22/h4-5,9,14H,2-3,6-8,10-11H2,1H3,(H,21,22). The number of carboxylic acids is 1. The lowest BCUT2D eigenvalue weighted by atomic mass is 10.2. The lowest BCUT2D eigenvalue weighted by molar-refractivity contribution is -0.147. The smallest absolute Gasteiger partial charge is 0.306 e. The van der Waals surface area contributed by atoms with Gasteiger partial charge in [-0.05, 0) is 37.1 Å². The first kappa shape index (κ1) is 18.5. The summed E-state index contributed by atoms with van der Waals surface area (Å²) in [6.07, 6.45) is 0.463. The normalized spacial score (nSPS) is 17.6. The molecular weight excluding hydrogens is 334 g/mol. The highest BCUT2D eigenvalue weighted by Gasteiger charge is 2.25. The lowest BCUT2D eigenvalue weighted by Gasteiger charge is -2.32. The summed E-state index contributed by atoms with van der Waals surface area (Å²) in [5, 5.41) is 9.50. The molecule has 0 aromatic heterocycles. The first-order valence-electron chi connectivity index (χ1n) is 7.96. The van der Waals surface area contributed by atoms with E-state index in [4.69, 9.17) is 26.2 Å². The van der Waals surface area contributed by atoms with Gasteiger partial charge in [0.2, 0.25) is 5.91 Å². The van der Waals surface area contributed by atoms with E-state index in [1.165, 1.54) is 0 Å². The number of rotatable bonds is 7. The molecule has 132 valence electrons. The van der Waals surface area contributed by atoms with E-state index in [1.54, 1.807) is 17.0 Å². The number of carbonyl (C=O) groups is 2. The van der Waals surface area contributed by atoms with Crippen LogP contribution in [0.5, 0.6) is 5.75 Å². The molecule has 2 rings (SSSR count). The molecule has 0 spiro atoms. The molecular formula is C17H22ClNO5. The van der Waals surface area contributed by atoms with E-state index < -0.39 is 12.1 Å². The largest absolute Gasteiger partial charge is 0.494 e. The number of amides is 1. The number of ether oxygens (including phenoxy) is 2. The number of carboxylic acid groups (broad SMARTS) is 1. The Morgan fingerprint density at radius 2 is 2.25 bits per heavy atom. The van der Waals surface area contributed by atoms with Crippen molar-refractivity contribution in [2.75, 3.05) is 26.3 Å². The highest BCUT2D eigenvalue weighted by molar-refractivity contribution is 6.31. The number of halogens is 1. The predicted octanol–water partition coefficient (Wildman–Crippen LogP) is 2.51. The number of aryl methyl sites for hydroxylation is 1. The molecule has 6 nitrogen and oxygen atoms in total. The molecule has 1 aliphatic heterocycles. The molecule has 1 atom stereocenters. The molecule has 1 N–H and O–H groups in total. The molecule has 1 aromatic rings. The third-order valence-electron chi connectivity index (χ3n) is 3.83. The van der Waals surface area contributed by atoms with Gasteiger partial charge in [0.25, 0.3) is 0 Å². The second-order valence-corrected chi connectivity index (χ2v) is 6.20. The molecule has 0 aliphatic carbocycles. The van der Waals surface area contributed by atoms with Crippen molar-refractivity contribution >= 4 is 23.5 Å². The first-order valence-corrected chi connectivity index (χ1v) is 8.33. The summed E-state index contributed by atoms with van der Waals surface area (Å²) >= 11 is 5.96. The van der Waals surface area contributed by atoms with Crippen LogP contribution in [0, 0.1) is 6.92 Å². The minimum atomic E-state index is -0.916. The van der Waals surface area contributed by atoms with Gasteiger partial charge in [-0.15, -0.1) is 0 Å². The Morgan fingerprint density at radius 3 is 2.96 bits per heavy atom. The summed E-state index contributed by atoms with van der Waals surface area (Å²) in [6.45, 7) is 3.57. The van der Waals surface area contributed by atoms with Crippen molar-refractivity contribution in [2.45, 2.75) is 32.3 Å². The van der Waals surface area contributed by atoms with Crippen LogP contribution in [-0.2, 0) is 14.3 Å². The zero-order valence-electron chi connectivity index (χ0n) is 13.7. The molecule has 1 aliphatic rings. The number of benzene rings is 1. The van der Waals surface area contributed by atoms with E-state index in [0.717, 1.165) is 11.3 Å². The van der Waals surface area contributed by atoms with Crippen molar-refractivity contribution < 1.29 is 24.2 Å². The number of hydrogen-bond donors (Lipinski definition) is 1. The molecule has 1 heterocycles. The summed E-state index contributed by atoms with van der Waals surface area (Å²) in [6, 6.07) is 5.45. The topological polar surface area (TPSA) is 76.1 Å². The van der Waals surface area contributed by atoms with Crippen molar-refractivity contribution in [1.29, 1.82) is 0 Å². The minimum absolute atomic E-state index is 0.00424. The molecule has 24 heavy (non-hydrogen) atoms. The maximum absolute atomic E-state index is 12.2. The van der Waals surface area contributed by atoms with E-state index in [-0.39, 0.29) is 12.3 Å². The van der Waals surface area contributed by atoms with Crippen LogP contribution < -0.4 is 4.74 Å². The molecule has 1 fully saturated rings. The van der Waals surface area contributed by atoms with Gasteiger partial charge in [-0.3, -0.25) is 9.59 Å². The van der Waals surface area contributed by atoms with Crippen molar-refractivity contribution in [2.24, 2.45) is 0 Å². The fraction of sp³-hybridized carbons (Fsp3) is 0.529. The molecule has 0 bridgehead atoms.